The van der Waals surface area contributed by atoms with Gasteiger partial charge in [0, 0.05) is 4.88 Å². The van der Waals surface area contributed by atoms with Crippen LogP contribution in [0.15, 0.2) is 71.7 Å². The number of anilines is 2. The average molecular weight is 480 g/mol. The number of ether oxygens (including phenoxy) is 1. The van der Waals surface area contributed by atoms with Crippen LogP contribution >= 0.6 is 23.1 Å². The van der Waals surface area contributed by atoms with E-state index >= 15 is 0 Å². The third-order valence-electron chi connectivity index (χ3n) is 4.87. The van der Waals surface area contributed by atoms with Gasteiger partial charge in [-0.05, 0) is 36.8 Å². The largest absolute Gasteiger partial charge is 0.465 e. The quantitative estimate of drug-likeness (QED) is 0.402. The second-order valence-electron chi connectivity index (χ2n) is 7.03. The molecule has 1 fully saturated rings. The molecule has 9 heteroatoms. The molecule has 0 radical (unpaired) electrons. The molecule has 1 aliphatic heterocycles. The molecule has 2 amide bonds. The number of esters is 1. The molecular formula is C24H21N3O4S2. The second-order valence-corrected chi connectivity index (χ2v) is 9.24. The number of rotatable bonds is 6. The van der Waals surface area contributed by atoms with Gasteiger partial charge in [0.15, 0.2) is 10.4 Å². The number of methoxy groups -OCH3 is 1. The highest BCUT2D eigenvalue weighted by atomic mass is 32.2. The van der Waals surface area contributed by atoms with E-state index in [2.05, 4.69) is 10.3 Å². The first-order valence-corrected chi connectivity index (χ1v) is 11.9. The number of aliphatic imine (C=N–C) groups is 1. The number of hydrogen-bond acceptors (Lipinski definition) is 7. The number of amidine groups is 1. The van der Waals surface area contributed by atoms with Crippen molar-refractivity contribution in [2.75, 3.05) is 17.3 Å². The summed E-state index contributed by atoms with van der Waals surface area (Å²) in [5, 5.41) is 2.49. The van der Waals surface area contributed by atoms with Crippen LogP contribution in [-0.2, 0) is 20.7 Å². The lowest BCUT2D eigenvalue weighted by molar-refractivity contribution is -0.123. The van der Waals surface area contributed by atoms with E-state index in [1.165, 1.54) is 23.3 Å². The Balaban J connectivity index is 1.65. The Morgan fingerprint density at radius 3 is 2.39 bits per heavy atom. The molecule has 1 aromatic heterocycles. The van der Waals surface area contributed by atoms with E-state index in [0.29, 0.717) is 28.0 Å². The van der Waals surface area contributed by atoms with Gasteiger partial charge in [-0.15, -0.1) is 11.3 Å². The van der Waals surface area contributed by atoms with Gasteiger partial charge >= 0.3 is 5.97 Å². The fraction of sp³-hybridized carbons (Fsp3) is 0.167. The predicted molar refractivity (Wildman–Crippen MR) is 133 cm³/mol. The predicted octanol–water partition coefficient (Wildman–Crippen LogP) is 4.87. The van der Waals surface area contributed by atoms with E-state index in [9.17, 15) is 14.4 Å². The number of para-hydroxylation sites is 2. The molecule has 0 unspecified atom stereocenters. The zero-order valence-electron chi connectivity index (χ0n) is 18.0. The molecule has 4 rings (SSSR count). The van der Waals surface area contributed by atoms with Crippen LogP contribution in [0.25, 0.3) is 0 Å². The van der Waals surface area contributed by atoms with Crippen LogP contribution in [-0.4, -0.2) is 35.3 Å². The van der Waals surface area contributed by atoms with Crippen LogP contribution in [0, 0.1) is 0 Å². The summed E-state index contributed by atoms with van der Waals surface area (Å²) in [7, 11) is 1.29. The van der Waals surface area contributed by atoms with E-state index in [1.807, 2.05) is 55.5 Å². The molecule has 0 spiro atoms. The molecule has 7 nitrogen and oxygen atoms in total. The van der Waals surface area contributed by atoms with Crippen molar-refractivity contribution >= 4 is 62.4 Å². The molecule has 3 aromatic rings. The van der Waals surface area contributed by atoms with Gasteiger partial charge < -0.3 is 10.1 Å². The van der Waals surface area contributed by atoms with Crippen LogP contribution in [0.4, 0.5) is 16.4 Å². The van der Waals surface area contributed by atoms with Crippen LogP contribution in [0.5, 0.6) is 0 Å². The van der Waals surface area contributed by atoms with Crippen molar-refractivity contribution in [2.45, 2.75) is 18.6 Å². The molecule has 1 aliphatic rings. The maximum Gasteiger partial charge on any atom is 0.340 e. The van der Waals surface area contributed by atoms with Crippen LogP contribution in [0.2, 0.25) is 0 Å². The fourth-order valence-electron chi connectivity index (χ4n) is 3.24. The SMILES string of the molecule is CCc1cc(C(=O)OC)c(NC(=O)[C@H]2SC(=Nc3ccccc3)N(c3ccccc3)C2=O)s1. The Kier molecular flexibility index (Phi) is 6.90. The van der Waals surface area contributed by atoms with E-state index in [1.54, 1.807) is 18.2 Å². The maximum absolute atomic E-state index is 13.3. The normalized spacial score (nSPS) is 16.8. The number of carbonyl (C=O) groups is 3. The van der Waals surface area contributed by atoms with Gasteiger partial charge in [-0.25, -0.2) is 9.79 Å². The highest BCUT2D eigenvalue weighted by molar-refractivity contribution is 8.16. The van der Waals surface area contributed by atoms with Crippen molar-refractivity contribution in [1.82, 2.24) is 0 Å². The average Bonchev–Trinajstić information content (AvgIpc) is 3.40. The second kappa shape index (κ2) is 10.0. The third kappa shape index (κ3) is 4.84. The van der Waals surface area contributed by atoms with Crippen LogP contribution < -0.4 is 10.2 Å². The fourth-order valence-corrected chi connectivity index (χ4v) is 5.27. The summed E-state index contributed by atoms with van der Waals surface area (Å²) < 4.78 is 4.84. The van der Waals surface area contributed by atoms with E-state index in [0.717, 1.165) is 16.6 Å². The molecule has 0 saturated carbocycles. The number of amides is 2. The van der Waals surface area contributed by atoms with E-state index < -0.39 is 23.0 Å². The van der Waals surface area contributed by atoms with Crippen molar-refractivity contribution in [2.24, 2.45) is 4.99 Å². The lowest BCUT2D eigenvalue weighted by Crippen LogP contribution is -2.37. The first-order chi connectivity index (χ1) is 16.0. The van der Waals surface area contributed by atoms with Gasteiger partial charge in [0.25, 0.3) is 5.91 Å². The summed E-state index contributed by atoms with van der Waals surface area (Å²) in [6.45, 7) is 1.96. The number of nitrogens with zero attached hydrogens (tertiary/aromatic N) is 2. The highest BCUT2D eigenvalue weighted by Gasteiger charge is 2.44. The minimum atomic E-state index is -1.05. The molecular weight excluding hydrogens is 458 g/mol. The van der Waals surface area contributed by atoms with Crippen LogP contribution in [0.1, 0.15) is 22.2 Å². The zero-order chi connectivity index (χ0) is 23.4. The van der Waals surface area contributed by atoms with E-state index in [4.69, 9.17) is 4.74 Å². The molecule has 2 aromatic carbocycles. The summed E-state index contributed by atoms with van der Waals surface area (Å²) in [6, 6.07) is 20.0. The monoisotopic (exact) mass is 479 g/mol. The molecule has 1 saturated heterocycles. The van der Waals surface area contributed by atoms with Crippen LogP contribution in [0.3, 0.4) is 0 Å². The maximum atomic E-state index is 13.3. The van der Waals surface area contributed by atoms with Gasteiger partial charge in [-0.2, -0.15) is 0 Å². The molecule has 33 heavy (non-hydrogen) atoms. The van der Waals surface area contributed by atoms with E-state index in [-0.39, 0.29) is 5.56 Å². The number of benzene rings is 2. The van der Waals surface area contributed by atoms with Crippen molar-refractivity contribution in [1.29, 1.82) is 0 Å². The number of thiophene rings is 1. The van der Waals surface area contributed by atoms with Crippen molar-refractivity contribution < 1.29 is 19.1 Å². The Bertz CT molecular complexity index is 1210. The minimum absolute atomic E-state index is 0.279. The van der Waals surface area contributed by atoms with Crippen molar-refractivity contribution in [3.05, 3.63) is 77.2 Å². The molecule has 1 N–H and O–H groups in total. The Labute approximate surface area is 199 Å². The zero-order valence-corrected chi connectivity index (χ0v) is 19.6. The number of nitrogens with one attached hydrogen (secondary N) is 1. The van der Waals surface area contributed by atoms with Gasteiger partial charge in [0.1, 0.15) is 5.00 Å². The molecule has 168 valence electrons. The summed E-state index contributed by atoms with van der Waals surface area (Å²) in [4.78, 5) is 45.7. The summed E-state index contributed by atoms with van der Waals surface area (Å²) in [5.41, 5.74) is 1.58. The molecule has 2 heterocycles. The Morgan fingerprint density at radius 2 is 1.76 bits per heavy atom. The number of thioether (sulfide) groups is 1. The summed E-state index contributed by atoms with van der Waals surface area (Å²) in [6.07, 6.45) is 0.706. The topological polar surface area (TPSA) is 88.1 Å². The summed E-state index contributed by atoms with van der Waals surface area (Å²) in [5.74, 6) is -1.45. The smallest absolute Gasteiger partial charge is 0.340 e. The number of aryl methyl sites for hydroxylation is 1. The standard InChI is InChI=1S/C24H21N3O4S2/c1-3-17-14-18(23(30)31-2)21(32-17)26-20(28)19-22(29)27(16-12-8-5-9-13-16)24(33-19)25-15-10-6-4-7-11-15/h4-14,19H,3H2,1-2H3,(H,26,28)/t19-/m1/s1. The minimum Gasteiger partial charge on any atom is -0.465 e. The Hall–Kier alpha value is -3.43. The van der Waals surface area contributed by atoms with Crippen molar-refractivity contribution in [3.63, 3.8) is 0 Å². The van der Waals surface area contributed by atoms with Gasteiger partial charge in [-0.1, -0.05) is 55.1 Å². The lowest BCUT2D eigenvalue weighted by atomic mass is 10.2. The van der Waals surface area contributed by atoms with Crippen molar-refractivity contribution in [3.8, 4) is 0 Å². The van der Waals surface area contributed by atoms with Gasteiger partial charge in [0.05, 0.1) is 24.0 Å². The lowest BCUT2D eigenvalue weighted by Gasteiger charge is -2.16. The molecule has 0 aliphatic carbocycles. The number of hydrogen-bond donors (Lipinski definition) is 1. The Morgan fingerprint density at radius 1 is 1.09 bits per heavy atom. The molecule has 0 bridgehead atoms. The van der Waals surface area contributed by atoms with Gasteiger partial charge in [-0.3, -0.25) is 14.5 Å². The molecule has 1 atom stereocenters. The third-order valence-corrected chi connectivity index (χ3v) is 7.20. The van der Waals surface area contributed by atoms with Gasteiger partial charge in [0.2, 0.25) is 5.91 Å². The first-order valence-electron chi connectivity index (χ1n) is 10.2. The summed E-state index contributed by atoms with van der Waals surface area (Å²) >= 11 is 2.37. The first kappa shape index (κ1) is 22.8. The highest BCUT2D eigenvalue weighted by Crippen LogP contribution is 2.36. The number of carbonyl (C=O) groups excluding carboxylic acids is 3.